The first-order chi connectivity index (χ1) is 15.5. The van der Waals surface area contributed by atoms with Crippen LogP contribution in [0, 0.1) is 0 Å². The number of aromatic nitrogens is 1. The molecule has 1 aromatic heterocycles. The number of pyridine rings is 1. The van der Waals surface area contributed by atoms with Gasteiger partial charge in [-0.3, -0.25) is 14.4 Å². The van der Waals surface area contributed by atoms with Crippen molar-refractivity contribution >= 4 is 29.1 Å². The van der Waals surface area contributed by atoms with E-state index in [-0.39, 0.29) is 45.4 Å². The Balaban J connectivity index is 1.50. The Morgan fingerprint density at radius 3 is 2.38 bits per heavy atom. The highest BCUT2D eigenvalue weighted by Gasteiger charge is 2.31. The zero-order valence-corrected chi connectivity index (χ0v) is 17.1. The second-order valence-electron chi connectivity index (χ2n) is 6.85. The Bertz CT molecular complexity index is 1250. The number of anilines is 1. The number of carbonyl (C=O) groups excluding carboxylic acids is 4. The van der Waals surface area contributed by atoms with Gasteiger partial charge in [-0.1, -0.05) is 36.4 Å². The van der Waals surface area contributed by atoms with E-state index in [0.29, 0.717) is 12.2 Å². The number of amides is 1. The molecule has 8 heteroatoms. The van der Waals surface area contributed by atoms with Crippen LogP contribution in [0.2, 0.25) is 0 Å². The Morgan fingerprint density at radius 2 is 1.62 bits per heavy atom. The molecule has 1 amide bonds. The molecule has 8 nitrogen and oxygen atoms in total. The van der Waals surface area contributed by atoms with Crippen LogP contribution in [-0.4, -0.2) is 41.6 Å². The van der Waals surface area contributed by atoms with Gasteiger partial charge in [-0.15, -0.1) is 0 Å². The number of rotatable bonds is 6. The lowest BCUT2D eigenvalue weighted by Gasteiger charge is -2.20. The molecule has 1 N–H and O–H groups in total. The highest BCUT2D eigenvalue weighted by molar-refractivity contribution is 6.30. The van der Waals surface area contributed by atoms with E-state index in [9.17, 15) is 19.2 Å². The van der Waals surface area contributed by atoms with E-state index in [1.807, 2.05) is 0 Å². The summed E-state index contributed by atoms with van der Waals surface area (Å²) in [5, 5.41) is 2.56. The van der Waals surface area contributed by atoms with E-state index in [1.54, 1.807) is 49.4 Å². The Hall–Kier alpha value is -4.33. The molecule has 1 aliphatic rings. The fourth-order valence-corrected chi connectivity index (χ4v) is 3.44. The molecule has 0 bridgehead atoms. The number of ether oxygens (including phenoxy) is 2. The number of benzene rings is 2. The molecule has 3 aromatic rings. The number of esters is 1. The Kier molecular flexibility index (Phi) is 5.76. The molecule has 0 unspecified atom stereocenters. The molecule has 0 aliphatic heterocycles. The van der Waals surface area contributed by atoms with Gasteiger partial charge in [0.05, 0.1) is 17.9 Å². The van der Waals surface area contributed by atoms with Crippen LogP contribution in [0.15, 0.2) is 60.8 Å². The maximum absolute atomic E-state index is 13.0. The highest BCUT2D eigenvalue weighted by atomic mass is 16.5. The lowest BCUT2D eigenvalue weighted by Crippen LogP contribution is -2.26. The molecule has 2 aromatic carbocycles. The van der Waals surface area contributed by atoms with Gasteiger partial charge in [0.15, 0.2) is 18.2 Å². The van der Waals surface area contributed by atoms with Crippen molar-refractivity contribution in [3.63, 3.8) is 0 Å². The molecule has 4 rings (SSSR count). The molecule has 160 valence electrons. The first kappa shape index (κ1) is 20.9. The molecule has 1 heterocycles. The SMILES string of the molecule is CCOc1ncccc1C(=O)OCC(=O)Nc1cccc2c1C(=O)c1ccccc1C2=O. The first-order valence-electron chi connectivity index (χ1n) is 9.87. The third-order valence-electron chi connectivity index (χ3n) is 4.83. The van der Waals surface area contributed by atoms with Gasteiger partial charge < -0.3 is 14.8 Å². The van der Waals surface area contributed by atoms with E-state index < -0.39 is 18.5 Å². The van der Waals surface area contributed by atoms with Gasteiger partial charge in [-0.2, -0.15) is 0 Å². The highest BCUT2D eigenvalue weighted by Crippen LogP contribution is 2.31. The van der Waals surface area contributed by atoms with Crippen LogP contribution in [0.25, 0.3) is 0 Å². The summed E-state index contributed by atoms with van der Waals surface area (Å²) < 4.78 is 10.4. The van der Waals surface area contributed by atoms with Crippen LogP contribution < -0.4 is 10.1 Å². The number of ketones is 2. The second-order valence-corrected chi connectivity index (χ2v) is 6.85. The van der Waals surface area contributed by atoms with Gasteiger partial charge in [-0.05, 0) is 25.1 Å². The monoisotopic (exact) mass is 430 g/mol. The number of fused-ring (bicyclic) bond motifs is 2. The van der Waals surface area contributed by atoms with Gasteiger partial charge in [0.2, 0.25) is 5.88 Å². The average molecular weight is 430 g/mol. The van der Waals surface area contributed by atoms with Crippen molar-refractivity contribution in [2.45, 2.75) is 6.92 Å². The van der Waals surface area contributed by atoms with Crippen LogP contribution >= 0.6 is 0 Å². The summed E-state index contributed by atoms with van der Waals surface area (Å²) in [6.07, 6.45) is 1.48. The minimum atomic E-state index is -0.771. The minimum Gasteiger partial charge on any atom is -0.477 e. The largest absolute Gasteiger partial charge is 0.477 e. The number of nitrogens with one attached hydrogen (secondary N) is 1. The molecule has 0 fully saturated rings. The van der Waals surface area contributed by atoms with Crippen LogP contribution in [0.1, 0.15) is 49.1 Å². The van der Waals surface area contributed by atoms with Crippen LogP contribution in [0.3, 0.4) is 0 Å². The van der Waals surface area contributed by atoms with E-state index >= 15 is 0 Å². The van der Waals surface area contributed by atoms with E-state index in [4.69, 9.17) is 9.47 Å². The van der Waals surface area contributed by atoms with Crippen molar-refractivity contribution in [3.05, 3.63) is 88.6 Å². The van der Waals surface area contributed by atoms with Gasteiger partial charge in [0, 0.05) is 22.9 Å². The topological polar surface area (TPSA) is 112 Å². The maximum atomic E-state index is 13.0. The third-order valence-corrected chi connectivity index (χ3v) is 4.83. The number of nitrogens with zero attached hydrogens (tertiary/aromatic N) is 1. The summed E-state index contributed by atoms with van der Waals surface area (Å²) in [6.45, 7) is 1.47. The Morgan fingerprint density at radius 1 is 0.906 bits per heavy atom. The maximum Gasteiger partial charge on any atom is 0.344 e. The van der Waals surface area contributed by atoms with Crippen molar-refractivity contribution in [1.82, 2.24) is 4.98 Å². The number of hydrogen-bond donors (Lipinski definition) is 1. The van der Waals surface area contributed by atoms with Gasteiger partial charge in [-0.25, -0.2) is 9.78 Å². The van der Waals surface area contributed by atoms with Crippen LogP contribution in [-0.2, 0) is 9.53 Å². The summed E-state index contributed by atoms with van der Waals surface area (Å²) in [5.74, 6) is -1.97. The predicted molar refractivity (Wildman–Crippen MR) is 114 cm³/mol. The summed E-state index contributed by atoms with van der Waals surface area (Å²) in [5.41, 5.74) is 1.19. The molecule has 1 aliphatic carbocycles. The van der Waals surface area contributed by atoms with Gasteiger partial charge in [0.1, 0.15) is 5.56 Å². The standard InChI is InChI=1S/C24H18N2O6/c1-2-31-23-17(10-6-12-25-23)24(30)32-13-19(27)26-18-11-5-9-16-20(18)22(29)15-8-4-3-7-14(15)21(16)28/h3-12H,2,13H2,1H3,(H,26,27). The smallest absolute Gasteiger partial charge is 0.344 e. The molecule has 0 radical (unpaired) electrons. The fourth-order valence-electron chi connectivity index (χ4n) is 3.44. The first-order valence-corrected chi connectivity index (χ1v) is 9.87. The van der Waals surface area contributed by atoms with E-state index in [0.717, 1.165) is 0 Å². The molecule has 0 spiro atoms. The lowest BCUT2D eigenvalue weighted by atomic mass is 9.83. The predicted octanol–water partition coefficient (Wildman–Crippen LogP) is 3.05. The zero-order chi connectivity index (χ0) is 22.7. The number of carbonyl (C=O) groups is 4. The van der Waals surface area contributed by atoms with E-state index in [1.165, 1.54) is 18.3 Å². The minimum absolute atomic E-state index is 0.0941. The summed E-state index contributed by atoms with van der Waals surface area (Å²) in [4.78, 5) is 54.6. The lowest BCUT2D eigenvalue weighted by molar-refractivity contribution is -0.119. The molecule has 32 heavy (non-hydrogen) atoms. The molecular weight excluding hydrogens is 412 g/mol. The van der Waals surface area contributed by atoms with Crippen molar-refractivity contribution in [2.24, 2.45) is 0 Å². The van der Waals surface area contributed by atoms with Crippen LogP contribution in [0.4, 0.5) is 5.69 Å². The van der Waals surface area contributed by atoms with Gasteiger partial charge in [0.25, 0.3) is 5.91 Å². The van der Waals surface area contributed by atoms with Crippen molar-refractivity contribution in [3.8, 4) is 5.88 Å². The van der Waals surface area contributed by atoms with Gasteiger partial charge >= 0.3 is 5.97 Å². The summed E-state index contributed by atoms with van der Waals surface area (Å²) >= 11 is 0. The normalized spacial score (nSPS) is 11.9. The van der Waals surface area contributed by atoms with Crippen molar-refractivity contribution in [2.75, 3.05) is 18.5 Å². The zero-order valence-electron chi connectivity index (χ0n) is 17.1. The van der Waals surface area contributed by atoms with E-state index in [2.05, 4.69) is 10.3 Å². The van der Waals surface area contributed by atoms with Crippen LogP contribution in [0.5, 0.6) is 5.88 Å². The van der Waals surface area contributed by atoms with Crippen molar-refractivity contribution in [1.29, 1.82) is 0 Å². The fraction of sp³-hybridized carbons (Fsp3) is 0.125. The average Bonchev–Trinajstić information content (AvgIpc) is 2.81. The molecule has 0 saturated heterocycles. The molecular formula is C24H18N2O6. The summed E-state index contributed by atoms with van der Waals surface area (Å²) in [6, 6.07) is 14.2. The third kappa shape index (κ3) is 3.85. The number of hydrogen-bond acceptors (Lipinski definition) is 7. The Labute approximate surface area is 183 Å². The molecule has 0 atom stereocenters. The quantitative estimate of drug-likeness (QED) is 0.468. The molecule has 0 saturated carbocycles. The summed E-state index contributed by atoms with van der Waals surface area (Å²) in [7, 11) is 0. The van der Waals surface area contributed by atoms with Crippen molar-refractivity contribution < 1.29 is 28.7 Å². The second kappa shape index (κ2) is 8.81.